The third-order valence-corrected chi connectivity index (χ3v) is 8.71. The maximum absolute atomic E-state index is 11.7. The average molecular weight is 829 g/mol. The first kappa shape index (κ1) is 47.6. The molecule has 6 N–H and O–H groups in total. The molecule has 0 saturated carbocycles. The van der Waals surface area contributed by atoms with Crippen LogP contribution >= 0.6 is 58.3 Å². The van der Waals surface area contributed by atoms with E-state index >= 15 is 0 Å². The fourth-order valence-corrected chi connectivity index (χ4v) is 5.91. The number of thiazole rings is 2. The molecule has 0 aliphatic rings. The fourth-order valence-electron chi connectivity index (χ4n) is 4.62. The van der Waals surface area contributed by atoms with E-state index in [0.717, 1.165) is 59.8 Å². The number of hydrazine groups is 1. The molecule has 2 heterocycles. The second kappa shape index (κ2) is 26.3. The van der Waals surface area contributed by atoms with Gasteiger partial charge in [-0.15, -0.1) is 58.3 Å². The summed E-state index contributed by atoms with van der Waals surface area (Å²) in [7, 11) is 0. The predicted octanol–water partition coefficient (Wildman–Crippen LogP) is 7.22. The van der Waals surface area contributed by atoms with E-state index in [1.165, 1.54) is 22.4 Å². The molecule has 53 heavy (non-hydrogen) atoms. The largest absolute Gasteiger partial charge is 0.459 e. The van der Waals surface area contributed by atoms with E-state index in [0.29, 0.717) is 13.1 Å². The number of aromatic nitrogens is 2. The van der Waals surface area contributed by atoms with Gasteiger partial charge in [-0.1, -0.05) is 48.5 Å². The number of carbonyl (C=O) groups is 3. The topological polar surface area (TPSA) is 160 Å². The third-order valence-electron chi connectivity index (χ3n) is 7.06. The Morgan fingerprint density at radius 2 is 1.06 bits per heavy atom. The quantitative estimate of drug-likeness (QED) is 0.0295. The molecule has 0 aliphatic heterocycles. The van der Waals surface area contributed by atoms with E-state index in [9.17, 15) is 14.4 Å². The number of nitrogens with one attached hydrogen (secondary N) is 4. The Labute approximate surface area is 337 Å². The van der Waals surface area contributed by atoms with E-state index in [1.54, 1.807) is 43.4 Å². The van der Waals surface area contributed by atoms with Crippen molar-refractivity contribution in [2.45, 2.75) is 78.7 Å². The molecule has 0 fully saturated rings. The van der Waals surface area contributed by atoms with Crippen LogP contribution in [-0.2, 0) is 48.1 Å². The number of hydrogen-bond donors (Lipinski definition) is 5. The Morgan fingerprint density at radius 1 is 0.679 bits per heavy atom. The number of nitrogens with two attached hydrogens (primary N) is 1. The van der Waals surface area contributed by atoms with Crippen molar-refractivity contribution < 1.29 is 19.1 Å². The predicted molar refractivity (Wildman–Crippen MR) is 221 cm³/mol. The molecule has 0 bridgehead atoms. The molecule has 0 radical (unpaired) electrons. The first-order chi connectivity index (χ1) is 24.8. The number of aryl methyl sites for hydroxylation is 6. The van der Waals surface area contributed by atoms with Gasteiger partial charge in [-0.2, -0.15) is 0 Å². The lowest BCUT2D eigenvalue weighted by molar-refractivity contribution is -0.153. The summed E-state index contributed by atoms with van der Waals surface area (Å²) >= 11 is 12.9. The standard InChI is InChI=1S/C21H29N3O3S.C15H20N4OS.CH2Cl2.ClH/c1-15-24-18(14-28-15)10-9-16-5-7-17(8-6-16)11-12-22-20(26)23-13-19(25)27-21(2,3)4;1-11-18-14(10-21-11)7-6-12-2-4-13(5-3-12)8-9-17-15(20)19-16;2-1-3;/h5-8,14H,9-13H2,1-4H3,(H2,22,23,26);2-5,10H,6-9,16H2,1H3,(H2,17,19,20);1H2;1H. The maximum Gasteiger partial charge on any atom is 0.328 e. The third kappa shape index (κ3) is 22.4. The molecule has 4 amide bonds. The minimum absolute atomic E-state index is 0. The first-order valence-corrected chi connectivity index (χ1v) is 19.7. The normalized spacial score (nSPS) is 10.3. The first-order valence-electron chi connectivity index (χ1n) is 16.9. The number of ether oxygens (including phenoxy) is 1. The number of rotatable bonds is 14. The van der Waals surface area contributed by atoms with Crippen LogP contribution in [0.4, 0.5) is 9.59 Å². The molecular formula is C37H52Cl3N7O4S2. The van der Waals surface area contributed by atoms with E-state index < -0.39 is 11.6 Å². The Hall–Kier alpha value is -3.46. The number of esters is 1. The van der Waals surface area contributed by atoms with E-state index in [4.69, 9.17) is 33.8 Å². The Balaban J connectivity index is 0.000000500. The number of hydrogen-bond acceptors (Lipinski definition) is 9. The minimum atomic E-state index is -0.555. The molecule has 0 atom stereocenters. The van der Waals surface area contributed by atoms with E-state index in [1.807, 2.05) is 19.3 Å². The van der Waals surface area contributed by atoms with Gasteiger partial charge in [0.05, 0.1) is 26.7 Å². The van der Waals surface area contributed by atoms with Crippen LogP contribution in [0.25, 0.3) is 0 Å². The van der Waals surface area contributed by atoms with Crippen molar-refractivity contribution >= 4 is 76.3 Å². The molecular weight excluding hydrogens is 777 g/mol. The fraction of sp³-hybridized carbons (Fsp3) is 0.432. The van der Waals surface area contributed by atoms with Gasteiger partial charge in [0.15, 0.2) is 0 Å². The van der Waals surface area contributed by atoms with Crippen LogP contribution in [0.1, 0.15) is 64.4 Å². The molecule has 2 aromatic heterocycles. The van der Waals surface area contributed by atoms with Crippen LogP contribution in [0.5, 0.6) is 0 Å². The highest BCUT2D eigenvalue weighted by Crippen LogP contribution is 2.14. The highest BCUT2D eigenvalue weighted by atomic mass is 35.5. The molecule has 0 aliphatic carbocycles. The van der Waals surface area contributed by atoms with Crippen LogP contribution in [0.2, 0.25) is 0 Å². The van der Waals surface area contributed by atoms with Gasteiger partial charge < -0.3 is 20.7 Å². The summed E-state index contributed by atoms with van der Waals surface area (Å²) in [4.78, 5) is 43.2. The van der Waals surface area contributed by atoms with Crippen molar-refractivity contribution in [3.05, 3.63) is 103 Å². The van der Waals surface area contributed by atoms with Gasteiger partial charge in [0.1, 0.15) is 12.1 Å². The number of amides is 4. The zero-order chi connectivity index (χ0) is 38.4. The van der Waals surface area contributed by atoms with E-state index in [2.05, 4.69) is 85.2 Å². The van der Waals surface area contributed by atoms with Crippen molar-refractivity contribution in [2.24, 2.45) is 5.84 Å². The number of carbonyl (C=O) groups excluding carboxylic acids is 3. The van der Waals surface area contributed by atoms with Gasteiger partial charge >= 0.3 is 18.0 Å². The molecule has 0 spiro atoms. The minimum Gasteiger partial charge on any atom is -0.459 e. The highest BCUT2D eigenvalue weighted by molar-refractivity contribution is 7.09. The Morgan fingerprint density at radius 3 is 1.40 bits per heavy atom. The Bertz CT molecular complexity index is 1630. The molecule has 4 aromatic rings. The van der Waals surface area contributed by atoms with Crippen LogP contribution in [0.3, 0.4) is 0 Å². The monoisotopic (exact) mass is 827 g/mol. The number of halogens is 3. The Kier molecular flexibility index (Phi) is 23.6. The van der Waals surface area contributed by atoms with Crippen LogP contribution in [0.15, 0.2) is 59.3 Å². The summed E-state index contributed by atoms with van der Waals surface area (Å²) in [5, 5.41) is 14.6. The summed E-state index contributed by atoms with van der Waals surface area (Å²) in [5.74, 6) is 4.54. The molecule has 16 heteroatoms. The zero-order valence-electron chi connectivity index (χ0n) is 30.9. The molecule has 4 rings (SSSR count). The van der Waals surface area contributed by atoms with Crippen molar-refractivity contribution in [3.8, 4) is 0 Å². The average Bonchev–Trinajstić information content (AvgIpc) is 3.73. The van der Waals surface area contributed by atoms with Gasteiger partial charge in [-0.05, 0) is 95.4 Å². The van der Waals surface area contributed by atoms with Gasteiger partial charge in [-0.25, -0.2) is 25.4 Å². The van der Waals surface area contributed by atoms with Crippen molar-refractivity contribution in [1.82, 2.24) is 31.3 Å². The summed E-state index contributed by atoms with van der Waals surface area (Å²) in [5.41, 5.74) is 8.72. The SMILES string of the molecule is Cc1nc(CCc2ccc(CCNC(=O)NCC(=O)OC(C)(C)C)cc2)cs1.Cc1nc(CCc2ccc(CCNC(=O)NN)cc2)cs1.Cl.ClCCl. The maximum atomic E-state index is 11.7. The molecule has 0 unspecified atom stereocenters. The number of nitrogens with zero attached hydrogens (tertiary/aromatic N) is 2. The van der Waals surface area contributed by atoms with Gasteiger partial charge in [0.25, 0.3) is 0 Å². The zero-order valence-corrected chi connectivity index (χ0v) is 34.9. The number of alkyl halides is 2. The number of urea groups is 2. The van der Waals surface area contributed by atoms with Gasteiger partial charge in [-0.3, -0.25) is 10.2 Å². The summed E-state index contributed by atoms with van der Waals surface area (Å²) in [6, 6.07) is 16.2. The summed E-state index contributed by atoms with van der Waals surface area (Å²) < 4.78 is 5.14. The van der Waals surface area contributed by atoms with Crippen molar-refractivity contribution in [3.63, 3.8) is 0 Å². The van der Waals surface area contributed by atoms with Crippen LogP contribution in [-0.4, -0.2) is 58.6 Å². The molecule has 2 aromatic carbocycles. The van der Waals surface area contributed by atoms with Gasteiger partial charge in [0.2, 0.25) is 0 Å². The number of benzene rings is 2. The lowest BCUT2D eigenvalue weighted by atomic mass is 10.0. The van der Waals surface area contributed by atoms with Crippen molar-refractivity contribution in [1.29, 1.82) is 0 Å². The van der Waals surface area contributed by atoms with Crippen molar-refractivity contribution in [2.75, 3.05) is 25.0 Å². The lowest BCUT2D eigenvalue weighted by Crippen LogP contribution is -2.41. The molecule has 0 saturated heterocycles. The molecule has 292 valence electrons. The van der Waals surface area contributed by atoms with E-state index in [-0.39, 0.29) is 36.4 Å². The molecule has 11 nitrogen and oxygen atoms in total. The highest BCUT2D eigenvalue weighted by Gasteiger charge is 2.16. The second-order valence-electron chi connectivity index (χ2n) is 12.5. The second-order valence-corrected chi connectivity index (χ2v) is 15.5. The summed E-state index contributed by atoms with van der Waals surface area (Å²) in [6.07, 6.45) is 5.40. The van der Waals surface area contributed by atoms with Gasteiger partial charge in [0, 0.05) is 23.8 Å². The van der Waals surface area contributed by atoms with Crippen LogP contribution in [0, 0.1) is 13.8 Å². The summed E-state index contributed by atoms with van der Waals surface area (Å²) in [6.45, 7) is 10.3. The smallest absolute Gasteiger partial charge is 0.328 e. The van der Waals surface area contributed by atoms with Crippen LogP contribution < -0.4 is 27.2 Å². The lowest BCUT2D eigenvalue weighted by Gasteiger charge is -2.19.